The summed E-state index contributed by atoms with van der Waals surface area (Å²) in [5.74, 6) is -3.25. The van der Waals surface area contributed by atoms with E-state index in [4.69, 9.17) is 5.73 Å². The lowest BCUT2D eigenvalue weighted by Gasteiger charge is -2.27. The molecule has 9 heteroatoms. The van der Waals surface area contributed by atoms with Crippen LogP contribution in [-0.2, 0) is 19.2 Å². The largest absolute Gasteiger partial charge is 0.480 e. The summed E-state index contributed by atoms with van der Waals surface area (Å²) in [5.41, 5.74) is 5.88. The van der Waals surface area contributed by atoms with Crippen LogP contribution in [0.15, 0.2) is 0 Å². The molecule has 6 atom stereocenters. The highest BCUT2D eigenvalue weighted by atomic mass is 16.4. The molecule has 0 aliphatic heterocycles. The van der Waals surface area contributed by atoms with E-state index in [1.165, 1.54) is 6.92 Å². The molecule has 0 rings (SSSR count). The Hall–Kier alpha value is -2.16. The van der Waals surface area contributed by atoms with E-state index in [0.29, 0.717) is 6.42 Å². The van der Waals surface area contributed by atoms with Gasteiger partial charge in [-0.3, -0.25) is 14.4 Å². The number of amides is 3. The standard InChI is InChI=1S/C20H38N4O5/c1-8-11(5)14(21)18(26)22-13(7)17(25)23-15(10(3)4)19(27)24-16(20(28)29)12(6)9-2/h10-16H,8-9,21H2,1-7H3,(H,22,26)(H,23,25)(H,24,27)(H,28,29). The highest BCUT2D eigenvalue weighted by Gasteiger charge is 2.32. The summed E-state index contributed by atoms with van der Waals surface area (Å²) in [6.45, 7) is 12.3. The molecular weight excluding hydrogens is 376 g/mol. The molecule has 0 aromatic rings. The lowest BCUT2D eigenvalue weighted by molar-refractivity contribution is -0.144. The van der Waals surface area contributed by atoms with Gasteiger partial charge in [-0.1, -0.05) is 54.4 Å². The van der Waals surface area contributed by atoms with Gasteiger partial charge in [-0.2, -0.15) is 0 Å². The van der Waals surface area contributed by atoms with Crippen molar-refractivity contribution in [3.63, 3.8) is 0 Å². The van der Waals surface area contributed by atoms with Gasteiger partial charge in [0.15, 0.2) is 0 Å². The summed E-state index contributed by atoms with van der Waals surface area (Å²) in [5, 5.41) is 17.1. The Labute approximate surface area is 173 Å². The summed E-state index contributed by atoms with van der Waals surface area (Å²) in [4.78, 5) is 48.8. The Morgan fingerprint density at radius 1 is 0.759 bits per heavy atom. The molecule has 0 spiro atoms. The first-order valence-electron chi connectivity index (χ1n) is 10.3. The molecule has 0 fully saturated rings. The van der Waals surface area contributed by atoms with Gasteiger partial charge in [-0.05, 0) is 24.7 Å². The number of carboxylic acids is 1. The van der Waals surface area contributed by atoms with Gasteiger partial charge in [-0.15, -0.1) is 0 Å². The molecular formula is C20H38N4O5. The highest BCUT2D eigenvalue weighted by molar-refractivity contribution is 5.94. The maximum Gasteiger partial charge on any atom is 0.326 e. The quantitative estimate of drug-likeness (QED) is 0.316. The van der Waals surface area contributed by atoms with E-state index in [-0.39, 0.29) is 17.8 Å². The number of aliphatic carboxylic acids is 1. The molecule has 0 saturated heterocycles. The van der Waals surface area contributed by atoms with Crippen LogP contribution in [0.4, 0.5) is 0 Å². The zero-order chi connectivity index (χ0) is 22.9. The van der Waals surface area contributed by atoms with Gasteiger partial charge in [0.1, 0.15) is 18.1 Å². The average Bonchev–Trinajstić information content (AvgIpc) is 2.66. The molecule has 168 valence electrons. The van der Waals surface area contributed by atoms with Gasteiger partial charge < -0.3 is 26.8 Å². The van der Waals surface area contributed by atoms with Crippen molar-refractivity contribution in [2.75, 3.05) is 0 Å². The number of nitrogens with two attached hydrogens (primary N) is 1. The molecule has 9 nitrogen and oxygen atoms in total. The number of carbonyl (C=O) groups excluding carboxylic acids is 3. The zero-order valence-corrected chi connectivity index (χ0v) is 18.6. The average molecular weight is 415 g/mol. The van der Waals surface area contributed by atoms with Crippen molar-refractivity contribution in [3.8, 4) is 0 Å². The number of carboxylic acid groups (broad SMARTS) is 1. The van der Waals surface area contributed by atoms with Crippen molar-refractivity contribution < 1.29 is 24.3 Å². The first-order chi connectivity index (χ1) is 13.4. The third-order valence-electron chi connectivity index (χ3n) is 5.34. The third kappa shape index (κ3) is 8.39. The second kappa shape index (κ2) is 12.4. The van der Waals surface area contributed by atoms with Gasteiger partial charge in [0.25, 0.3) is 0 Å². The number of rotatable bonds is 12. The lowest BCUT2D eigenvalue weighted by Crippen LogP contribution is -2.58. The minimum Gasteiger partial charge on any atom is -0.480 e. The third-order valence-corrected chi connectivity index (χ3v) is 5.34. The SMILES string of the molecule is CCC(C)C(N)C(=O)NC(C)C(=O)NC(C(=O)NC(C(=O)O)C(C)CC)C(C)C. The maximum absolute atomic E-state index is 12.6. The van der Waals surface area contributed by atoms with E-state index in [1.54, 1.807) is 20.8 Å². The summed E-state index contributed by atoms with van der Waals surface area (Å²) in [6, 6.07) is -3.60. The van der Waals surface area contributed by atoms with Crippen molar-refractivity contribution in [2.24, 2.45) is 23.5 Å². The van der Waals surface area contributed by atoms with Gasteiger partial charge in [0.05, 0.1) is 6.04 Å². The van der Waals surface area contributed by atoms with Crippen LogP contribution in [0.2, 0.25) is 0 Å². The second-order valence-corrected chi connectivity index (χ2v) is 8.08. The van der Waals surface area contributed by atoms with E-state index in [9.17, 15) is 24.3 Å². The fourth-order valence-electron chi connectivity index (χ4n) is 2.63. The van der Waals surface area contributed by atoms with Crippen LogP contribution in [0.3, 0.4) is 0 Å². The number of nitrogens with one attached hydrogen (secondary N) is 3. The van der Waals surface area contributed by atoms with Gasteiger partial charge >= 0.3 is 5.97 Å². The Morgan fingerprint density at radius 2 is 1.24 bits per heavy atom. The summed E-state index contributed by atoms with van der Waals surface area (Å²) in [7, 11) is 0. The van der Waals surface area contributed by atoms with E-state index in [2.05, 4.69) is 16.0 Å². The lowest BCUT2D eigenvalue weighted by atomic mass is 9.97. The van der Waals surface area contributed by atoms with Crippen LogP contribution in [0.25, 0.3) is 0 Å². The Bertz CT molecular complexity index is 581. The molecule has 0 aromatic heterocycles. The topological polar surface area (TPSA) is 151 Å². The van der Waals surface area contributed by atoms with Crippen LogP contribution in [0.1, 0.15) is 61.3 Å². The normalized spacial score (nSPS) is 17.4. The molecule has 0 aliphatic carbocycles. The molecule has 0 aromatic carbocycles. The predicted octanol–water partition coefficient (Wildman–Crippen LogP) is 0.621. The summed E-state index contributed by atoms with van der Waals surface area (Å²) >= 11 is 0. The van der Waals surface area contributed by atoms with Gasteiger partial charge in [-0.25, -0.2) is 4.79 Å². The first-order valence-corrected chi connectivity index (χ1v) is 10.3. The Balaban J connectivity index is 5.10. The van der Waals surface area contributed by atoms with Crippen molar-refractivity contribution in [2.45, 2.75) is 85.5 Å². The maximum atomic E-state index is 12.6. The fraction of sp³-hybridized carbons (Fsp3) is 0.800. The first kappa shape index (κ1) is 26.8. The molecule has 0 bridgehead atoms. The van der Waals surface area contributed by atoms with Gasteiger partial charge in [0, 0.05) is 0 Å². The Kier molecular flexibility index (Phi) is 11.5. The summed E-state index contributed by atoms with van der Waals surface area (Å²) in [6.07, 6.45) is 1.31. The molecule has 0 radical (unpaired) electrons. The molecule has 0 heterocycles. The smallest absolute Gasteiger partial charge is 0.326 e. The number of hydrogen-bond acceptors (Lipinski definition) is 5. The van der Waals surface area contributed by atoms with Crippen LogP contribution in [-0.4, -0.2) is 53.0 Å². The van der Waals surface area contributed by atoms with Crippen molar-refractivity contribution in [1.82, 2.24) is 16.0 Å². The summed E-state index contributed by atoms with van der Waals surface area (Å²) < 4.78 is 0. The minimum absolute atomic E-state index is 0.0343. The van der Waals surface area contributed by atoms with E-state index < -0.39 is 47.9 Å². The Morgan fingerprint density at radius 3 is 1.66 bits per heavy atom. The van der Waals surface area contributed by atoms with Crippen molar-refractivity contribution in [3.05, 3.63) is 0 Å². The zero-order valence-electron chi connectivity index (χ0n) is 18.6. The van der Waals surface area contributed by atoms with Crippen LogP contribution < -0.4 is 21.7 Å². The second-order valence-electron chi connectivity index (χ2n) is 8.08. The highest BCUT2D eigenvalue weighted by Crippen LogP contribution is 2.10. The van der Waals surface area contributed by atoms with E-state index in [1.807, 2.05) is 20.8 Å². The fourth-order valence-corrected chi connectivity index (χ4v) is 2.63. The predicted molar refractivity (Wildman–Crippen MR) is 111 cm³/mol. The number of carbonyl (C=O) groups is 4. The minimum atomic E-state index is -1.12. The van der Waals surface area contributed by atoms with E-state index in [0.717, 1.165) is 6.42 Å². The molecule has 6 unspecified atom stereocenters. The van der Waals surface area contributed by atoms with Crippen LogP contribution in [0, 0.1) is 17.8 Å². The van der Waals surface area contributed by atoms with Crippen molar-refractivity contribution in [1.29, 1.82) is 0 Å². The van der Waals surface area contributed by atoms with E-state index >= 15 is 0 Å². The molecule has 0 saturated carbocycles. The van der Waals surface area contributed by atoms with Gasteiger partial charge in [0.2, 0.25) is 17.7 Å². The van der Waals surface area contributed by atoms with Crippen LogP contribution in [0.5, 0.6) is 0 Å². The monoisotopic (exact) mass is 414 g/mol. The molecule has 3 amide bonds. The van der Waals surface area contributed by atoms with Crippen molar-refractivity contribution >= 4 is 23.7 Å². The number of hydrogen-bond donors (Lipinski definition) is 5. The molecule has 29 heavy (non-hydrogen) atoms. The molecule has 6 N–H and O–H groups in total. The van der Waals surface area contributed by atoms with Crippen LogP contribution >= 0.6 is 0 Å². The molecule has 0 aliphatic rings.